The minimum absolute atomic E-state index is 0.568. The summed E-state index contributed by atoms with van der Waals surface area (Å²) < 4.78 is 2.29. The first-order chi connectivity index (χ1) is 9.02. The lowest BCUT2D eigenvalue weighted by molar-refractivity contribution is 0.325. The molecule has 0 amide bonds. The van der Waals surface area contributed by atoms with Gasteiger partial charge < -0.3 is 10.2 Å². The van der Waals surface area contributed by atoms with Crippen LogP contribution in [0.25, 0.3) is 0 Å². The summed E-state index contributed by atoms with van der Waals surface area (Å²) in [6, 6.07) is 7.61. The van der Waals surface area contributed by atoms with Gasteiger partial charge in [-0.1, -0.05) is 36.7 Å². The summed E-state index contributed by atoms with van der Waals surface area (Å²) in [5, 5.41) is 3.68. The molecule has 106 valence electrons. The molecular formula is C15H22Br2N2. The van der Waals surface area contributed by atoms with Crippen LogP contribution in [0.5, 0.6) is 0 Å². The third-order valence-electron chi connectivity index (χ3n) is 3.94. The van der Waals surface area contributed by atoms with Crippen LogP contribution in [0.1, 0.15) is 27.2 Å². The molecule has 1 N–H and O–H groups in total. The molecule has 1 aliphatic heterocycles. The molecule has 1 aromatic rings. The highest BCUT2D eigenvalue weighted by Crippen LogP contribution is 2.32. The van der Waals surface area contributed by atoms with Gasteiger partial charge in [0.05, 0.1) is 5.69 Å². The zero-order valence-electron chi connectivity index (χ0n) is 11.8. The lowest BCUT2D eigenvalue weighted by Gasteiger charge is -2.43. The third kappa shape index (κ3) is 3.53. The van der Waals surface area contributed by atoms with E-state index in [-0.39, 0.29) is 0 Å². The summed E-state index contributed by atoms with van der Waals surface area (Å²) >= 11 is 7.23. The van der Waals surface area contributed by atoms with Crippen LogP contribution in [0.3, 0.4) is 0 Å². The van der Waals surface area contributed by atoms with Crippen LogP contribution in [0.2, 0.25) is 0 Å². The van der Waals surface area contributed by atoms with Gasteiger partial charge in [-0.2, -0.15) is 0 Å². The zero-order valence-corrected chi connectivity index (χ0v) is 15.0. The SMILES string of the molecule is CCC1CNC(C(C)C)CN1c1ccc(Br)cc1Br. The van der Waals surface area contributed by atoms with E-state index in [2.05, 4.69) is 81.0 Å². The maximum atomic E-state index is 3.70. The van der Waals surface area contributed by atoms with Gasteiger partial charge >= 0.3 is 0 Å². The fourth-order valence-electron chi connectivity index (χ4n) is 2.64. The van der Waals surface area contributed by atoms with E-state index in [1.54, 1.807) is 0 Å². The Labute approximate surface area is 133 Å². The van der Waals surface area contributed by atoms with Crippen LogP contribution in [-0.2, 0) is 0 Å². The van der Waals surface area contributed by atoms with E-state index < -0.39 is 0 Å². The molecule has 0 aliphatic carbocycles. The Hall–Kier alpha value is -0.0600. The van der Waals surface area contributed by atoms with Crippen molar-refractivity contribution in [3.63, 3.8) is 0 Å². The lowest BCUT2D eigenvalue weighted by atomic mass is 9.98. The number of piperazine rings is 1. The highest BCUT2D eigenvalue weighted by molar-refractivity contribution is 9.11. The average Bonchev–Trinajstić information content (AvgIpc) is 2.38. The van der Waals surface area contributed by atoms with Crippen LogP contribution in [0, 0.1) is 5.92 Å². The van der Waals surface area contributed by atoms with E-state index in [1.807, 2.05) is 0 Å². The van der Waals surface area contributed by atoms with Crippen molar-refractivity contribution in [1.29, 1.82) is 0 Å². The normalized spacial score (nSPS) is 24.0. The molecule has 0 radical (unpaired) electrons. The van der Waals surface area contributed by atoms with Crippen molar-refractivity contribution in [2.24, 2.45) is 5.92 Å². The summed E-state index contributed by atoms with van der Waals surface area (Å²) in [5.41, 5.74) is 1.31. The van der Waals surface area contributed by atoms with Crippen molar-refractivity contribution in [2.75, 3.05) is 18.0 Å². The number of hydrogen-bond donors (Lipinski definition) is 1. The molecule has 2 unspecified atom stereocenters. The Balaban J connectivity index is 2.27. The van der Waals surface area contributed by atoms with E-state index in [0.29, 0.717) is 18.0 Å². The second-order valence-electron chi connectivity index (χ2n) is 5.57. The minimum atomic E-state index is 0.568. The second kappa shape index (κ2) is 6.59. The molecule has 2 nitrogen and oxygen atoms in total. The van der Waals surface area contributed by atoms with E-state index in [0.717, 1.165) is 17.6 Å². The van der Waals surface area contributed by atoms with Crippen molar-refractivity contribution in [3.8, 4) is 0 Å². The largest absolute Gasteiger partial charge is 0.365 e. The maximum absolute atomic E-state index is 3.70. The fraction of sp³-hybridized carbons (Fsp3) is 0.600. The van der Waals surface area contributed by atoms with Crippen LogP contribution in [-0.4, -0.2) is 25.2 Å². The fourth-order valence-corrected chi connectivity index (χ4v) is 3.92. The third-order valence-corrected chi connectivity index (χ3v) is 5.07. The van der Waals surface area contributed by atoms with E-state index in [9.17, 15) is 0 Å². The second-order valence-corrected chi connectivity index (χ2v) is 7.34. The first kappa shape index (κ1) is 15.3. The van der Waals surface area contributed by atoms with Gasteiger partial charge in [0.25, 0.3) is 0 Å². The summed E-state index contributed by atoms with van der Waals surface area (Å²) in [6.07, 6.45) is 1.17. The Morgan fingerprint density at radius 3 is 2.68 bits per heavy atom. The molecule has 0 saturated carbocycles. The summed E-state index contributed by atoms with van der Waals surface area (Å²) in [7, 11) is 0. The van der Waals surface area contributed by atoms with Crippen molar-refractivity contribution < 1.29 is 0 Å². The maximum Gasteiger partial charge on any atom is 0.0514 e. The van der Waals surface area contributed by atoms with Gasteiger partial charge in [-0.05, 0) is 46.5 Å². The van der Waals surface area contributed by atoms with Crippen molar-refractivity contribution in [1.82, 2.24) is 5.32 Å². The van der Waals surface area contributed by atoms with Gasteiger partial charge in [-0.15, -0.1) is 0 Å². The number of anilines is 1. The smallest absolute Gasteiger partial charge is 0.0514 e. The average molecular weight is 390 g/mol. The van der Waals surface area contributed by atoms with Crippen LogP contribution in [0.15, 0.2) is 27.1 Å². The van der Waals surface area contributed by atoms with E-state index in [1.165, 1.54) is 16.6 Å². The van der Waals surface area contributed by atoms with E-state index >= 15 is 0 Å². The molecule has 0 spiro atoms. The van der Waals surface area contributed by atoms with E-state index in [4.69, 9.17) is 0 Å². The number of nitrogens with one attached hydrogen (secondary N) is 1. The van der Waals surface area contributed by atoms with Crippen molar-refractivity contribution in [3.05, 3.63) is 27.1 Å². The van der Waals surface area contributed by atoms with Crippen molar-refractivity contribution in [2.45, 2.75) is 39.3 Å². The molecule has 0 aromatic heterocycles. The lowest BCUT2D eigenvalue weighted by Crippen LogP contribution is -2.58. The molecule has 19 heavy (non-hydrogen) atoms. The number of halogens is 2. The summed E-state index contributed by atoms with van der Waals surface area (Å²) in [5.74, 6) is 0.662. The Morgan fingerprint density at radius 2 is 2.11 bits per heavy atom. The molecule has 4 heteroatoms. The number of rotatable bonds is 3. The quantitative estimate of drug-likeness (QED) is 0.822. The predicted octanol–water partition coefficient (Wildman–Crippen LogP) is 4.42. The molecule has 1 aromatic carbocycles. The van der Waals surface area contributed by atoms with Crippen LogP contribution < -0.4 is 10.2 Å². The molecule has 1 aliphatic rings. The summed E-state index contributed by atoms with van der Waals surface area (Å²) in [4.78, 5) is 2.55. The monoisotopic (exact) mass is 388 g/mol. The Kier molecular flexibility index (Phi) is 5.32. The molecule has 0 bridgehead atoms. The molecular weight excluding hydrogens is 368 g/mol. The standard InChI is InChI=1S/C15H22Br2N2/c1-4-12-8-18-14(10(2)3)9-19(12)15-6-5-11(16)7-13(15)17/h5-7,10,12,14,18H,4,8-9H2,1-3H3. The van der Waals surface area contributed by atoms with Crippen LogP contribution in [0.4, 0.5) is 5.69 Å². The van der Waals surface area contributed by atoms with Gasteiger partial charge in [0, 0.05) is 34.1 Å². The number of nitrogens with zero attached hydrogens (tertiary/aromatic N) is 1. The molecule has 2 rings (SSSR count). The van der Waals surface area contributed by atoms with Gasteiger partial charge in [-0.25, -0.2) is 0 Å². The van der Waals surface area contributed by atoms with Crippen LogP contribution >= 0.6 is 31.9 Å². The first-order valence-corrected chi connectivity index (χ1v) is 8.56. The number of hydrogen-bond acceptors (Lipinski definition) is 2. The minimum Gasteiger partial charge on any atom is -0.365 e. The molecule has 1 heterocycles. The van der Waals surface area contributed by atoms with Gasteiger partial charge in [0.1, 0.15) is 0 Å². The van der Waals surface area contributed by atoms with Crippen molar-refractivity contribution >= 4 is 37.5 Å². The Bertz CT molecular complexity index is 434. The first-order valence-electron chi connectivity index (χ1n) is 6.98. The topological polar surface area (TPSA) is 15.3 Å². The Morgan fingerprint density at radius 1 is 1.37 bits per heavy atom. The highest BCUT2D eigenvalue weighted by Gasteiger charge is 2.29. The molecule has 2 atom stereocenters. The predicted molar refractivity (Wildman–Crippen MR) is 89.9 cm³/mol. The molecule has 1 fully saturated rings. The van der Waals surface area contributed by atoms with Gasteiger partial charge in [0.15, 0.2) is 0 Å². The molecule has 1 saturated heterocycles. The number of benzene rings is 1. The van der Waals surface area contributed by atoms with Gasteiger partial charge in [0.2, 0.25) is 0 Å². The highest BCUT2D eigenvalue weighted by atomic mass is 79.9. The summed E-state index contributed by atoms with van der Waals surface area (Å²) in [6.45, 7) is 9.00. The zero-order chi connectivity index (χ0) is 14.0. The van der Waals surface area contributed by atoms with Gasteiger partial charge in [-0.3, -0.25) is 0 Å².